The zero-order chi connectivity index (χ0) is 24.5. The van der Waals surface area contributed by atoms with Crippen LogP contribution in [-0.4, -0.2) is 51.6 Å². The van der Waals surface area contributed by atoms with Crippen molar-refractivity contribution in [2.75, 3.05) is 24.5 Å². The number of fused-ring (bicyclic) bond motifs is 1. The Bertz CT molecular complexity index is 1360. The highest BCUT2D eigenvalue weighted by molar-refractivity contribution is 6.30. The van der Waals surface area contributed by atoms with Gasteiger partial charge < -0.3 is 20.1 Å². The Hall–Kier alpha value is -3.65. The fourth-order valence-corrected chi connectivity index (χ4v) is 4.74. The van der Waals surface area contributed by atoms with Crippen LogP contribution in [0.25, 0.3) is 22.3 Å². The average molecular weight is 493 g/mol. The molecule has 1 fully saturated rings. The lowest BCUT2D eigenvalue weighted by atomic mass is 10.1. The van der Waals surface area contributed by atoms with Gasteiger partial charge in [0, 0.05) is 36.4 Å². The molecule has 1 saturated heterocycles. The van der Waals surface area contributed by atoms with Gasteiger partial charge in [0.05, 0.1) is 11.4 Å². The highest BCUT2D eigenvalue weighted by atomic mass is 35.5. The zero-order valence-electron chi connectivity index (χ0n) is 19.5. The lowest BCUT2D eigenvalue weighted by Crippen LogP contribution is -2.57. The number of urea groups is 1. The number of piperazine rings is 1. The smallest absolute Gasteiger partial charge is 0.318 e. The van der Waals surface area contributed by atoms with Crippen LogP contribution in [0.4, 0.5) is 15.0 Å². The number of nitrogens with one attached hydrogen (secondary N) is 2. The van der Waals surface area contributed by atoms with Crippen molar-refractivity contribution in [1.29, 1.82) is 0 Å². The van der Waals surface area contributed by atoms with Crippen LogP contribution in [0.3, 0.4) is 0 Å². The van der Waals surface area contributed by atoms with Crippen molar-refractivity contribution in [2.24, 2.45) is 0 Å². The van der Waals surface area contributed by atoms with Crippen molar-refractivity contribution in [3.63, 3.8) is 0 Å². The first kappa shape index (κ1) is 23.1. The molecular weight excluding hydrogens is 467 g/mol. The van der Waals surface area contributed by atoms with Crippen LogP contribution in [0.5, 0.6) is 0 Å². The number of rotatable bonds is 4. The van der Waals surface area contributed by atoms with E-state index in [0.717, 1.165) is 33.7 Å². The van der Waals surface area contributed by atoms with Crippen LogP contribution in [0, 0.1) is 5.82 Å². The summed E-state index contributed by atoms with van der Waals surface area (Å²) in [5, 5.41) is 4.63. The second-order valence-electron chi connectivity index (χ2n) is 8.86. The number of carbonyl (C=O) groups is 1. The van der Waals surface area contributed by atoms with Crippen molar-refractivity contribution in [2.45, 2.75) is 25.9 Å². The monoisotopic (exact) mass is 492 g/mol. The van der Waals surface area contributed by atoms with Gasteiger partial charge in [0.25, 0.3) is 0 Å². The molecule has 1 aliphatic rings. The molecule has 3 heterocycles. The van der Waals surface area contributed by atoms with Gasteiger partial charge in [-0.25, -0.2) is 19.2 Å². The second kappa shape index (κ2) is 9.54. The molecule has 5 rings (SSSR count). The molecule has 2 N–H and O–H groups in total. The second-order valence-corrected chi connectivity index (χ2v) is 9.30. The van der Waals surface area contributed by atoms with E-state index in [1.165, 1.54) is 12.1 Å². The molecule has 2 aromatic carbocycles. The molecule has 0 bridgehead atoms. The Balaban J connectivity index is 1.30. The molecule has 180 valence electrons. The minimum absolute atomic E-state index is 0.0177. The molecule has 2 aromatic heterocycles. The van der Waals surface area contributed by atoms with E-state index in [1.54, 1.807) is 18.5 Å². The Kier molecular flexibility index (Phi) is 6.30. The number of hydrogen-bond acceptors (Lipinski definition) is 4. The molecule has 0 unspecified atom stereocenters. The van der Waals surface area contributed by atoms with Crippen molar-refractivity contribution in [1.82, 2.24) is 25.2 Å². The van der Waals surface area contributed by atoms with Gasteiger partial charge in [-0.05, 0) is 67.4 Å². The Labute approximate surface area is 207 Å². The Morgan fingerprint density at radius 2 is 1.97 bits per heavy atom. The molecule has 0 spiro atoms. The maximum Gasteiger partial charge on any atom is 0.318 e. The highest BCUT2D eigenvalue weighted by Crippen LogP contribution is 2.30. The van der Waals surface area contributed by atoms with Gasteiger partial charge in [0.1, 0.15) is 23.6 Å². The number of carbonyl (C=O) groups excluding carboxylic acids is 1. The molecule has 0 saturated carbocycles. The zero-order valence-corrected chi connectivity index (χ0v) is 20.3. The third-order valence-electron chi connectivity index (χ3n) is 6.44. The van der Waals surface area contributed by atoms with E-state index < -0.39 is 0 Å². The number of hydrogen-bond donors (Lipinski definition) is 2. The molecule has 1 aliphatic heterocycles. The predicted molar refractivity (Wildman–Crippen MR) is 136 cm³/mol. The van der Waals surface area contributed by atoms with E-state index in [9.17, 15) is 9.18 Å². The summed E-state index contributed by atoms with van der Waals surface area (Å²) >= 11 is 6.10. The summed E-state index contributed by atoms with van der Waals surface area (Å²) in [4.78, 5) is 29.3. The third-order valence-corrected chi connectivity index (χ3v) is 6.67. The predicted octanol–water partition coefficient (Wildman–Crippen LogP) is 5.40. The largest absolute Gasteiger partial charge is 0.352 e. The summed E-state index contributed by atoms with van der Waals surface area (Å²) in [6, 6.07) is 15.6. The number of halogens is 2. The Morgan fingerprint density at radius 1 is 1.17 bits per heavy atom. The molecule has 35 heavy (non-hydrogen) atoms. The summed E-state index contributed by atoms with van der Waals surface area (Å²) < 4.78 is 13.3. The normalized spacial score (nSPS) is 17.0. The van der Waals surface area contributed by atoms with Crippen LogP contribution in [0.1, 0.15) is 25.5 Å². The topological polar surface area (TPSA) is 77.2 Å². The minimum Gasteiger partial charge on any atom is -0.352 e. The highest BCUT2D eigenvalue weighted by Gasteiger charge is 2.30. The molecule has 7 nitrogen and oxygen atoms in total. The van der Waals surface area contributed by atoms with Gasteiger partial charge in [0.2, 0.25) is 0 Å². The SMILES string of the molecule is C[C@H](NC(=O)N1CCN(c2ncnc3[nH]c(-c4ccc(F)cc4)cc23)C[C@H]1C)c1cccc(Cl)c1. The van der Waals surface area contributed by atoms with Crippen molar-refractivity contribution in [3.05, 3.63) is 77.3 Å². The lowest BCUT2D eigenvalue weighted by molar-refractivity contribution is 0.168. The van der Waals surface area contributed by atoms with Gasteiger partial charge in [-0.3, -0.25) is 0 Å². The van der Waals surface area contributed by atoms with Crippen LogP contribution >= 0.6 is 11.6 Å². The maximum absolute atomic E-state index is 13.3. The number of aromatic nitrogens is 3. The summed E-state index contributed by atoms with van der Waals surface area (Å²) in [5.41, 5.74) is 3.41. The standard InChI is InChI=1S/C26H26ClFN6O/c1-16-14-33(10-11-34(16)26(35)31-17(2)19-4-3-5-20(27)12-19)25-22-13-23(32-24(22)29-15-30-25)18-6-8-21(28)9-7-18/h3-9,12-13,15-17H,10-11,14H2,1-2H3,(H,31,35)(H,29,30,32)/t16-,17+/m1/s1. The summed E-state index contributed by atoms with van der Waals surface area (Å²) in [5.74, 6) is 0.544. The van der Waals surface area contributed by atoms with Crippen LogP contribution in [0.15, 0.2) is 60.9 Å². The molecule has 0 aliphatic carbocycles. The maximum atomic E-state index is 13.3. The molecule has 2 amide bonds. The first-order chi connectivity index (χ1) is 16.9. The molecule has 4 aromatic rings. The van der Waals surface area contributed by atoms with E-state index in [-0.39, 0.29) is 23.9 Å². The summed E-state index contributed by atoms with van der Waals surface area (Å²) in [6.45, 7) is 5.84. The molecule has 2 atom stereocenters. The van der Waals surface area contributed by atoms with Crippen molar-refractivity contribution in [3.8, 4) is 11.3 Å². The quantitative estimate of drug-likeness (QED) is 0.400. The Morgan fingerprint density at radius 3 is 2.71 bits per heavy atom. The number of nitrogens with zero attached hydrogens (tertiary/aromatic N) is 4. The number of aromatic amines is 1. The van der Waals surface area contributed by atoms with Crippen molar-refractivity contribution < 1.29 is 9.18 Å². The molecule has 9 heteroatoms. The van der Waals surface area contributed by atoms with Crippen LogP contribution < -0.4 is 10.2 Å². The van der Waals surface area contributed by atoms with Crippen LogP contribution in [0.2, 0.25) is 5.02 Å². The van der Waals surface area contributed by atoms with Gasteiger partial charge >= 0.3 is 6.03 Å². The molecular formula is C26H26ClFN6O. The average Bonchev–Trinajstić information content (AvgIpc) is 3.29. The summed E-state index contributed by atoms with van der Waals surface area (Å²) in [7, 11) is 0. The lowest BCUT2D eigenvalue weighted by Gasteiger charge is -2.40. The molecule has 0 radical (unpaired) electrons. The number of H-pyrrole nitrogens is 1. The van der Waals surface area contributed by atoms with Crippen molar-refractivity contribution >= 4 is 34.5 Å². The number of amides is 2. The van der Waals surface area contributed by atoms with E-state index in [0.29, 0.717) is 24.7 Å². The van der Waals surface area contributed by atoms with Gasteiger partial charge in [-0.1, -0.05) is 23.7 Å². The van der Waals surface area contributed by atoms with E-state index in [1.807, 2.05) is 49.1 Å². The van der Waals surface area contributed by atoms with E-state index in [2.05, 4.69) is 25.2 Å². The van der Waals surface area contributed by atoms with Gasteiger partial charge in [0.15, 0.2) is 0 Å². The van der Waals surface area contributed by atoms with E-state index >= 15 is 0 Å². The number of benzene rings is 2. The number of anilines is 1. The van der Waals surface area contributed by atoms with Gasteiger partial charge in [-0.2, -0.15) is 0 Å². The fraction of sp³-hybridized carbons (Fsp3) is 0.269. The van der Waals surface area contributed by atoms with E-state index in [4.69, 9.17) is 11.6 Å². The summed E-state index contributed by atoms with van der Waals surface area (Å²) in [6.07, 6.45) is 1.54. The third kappa shape index (κ3) is 4.79. The first-order valence-electron chi connectivity index (χ1n) is 11.6. The van der Waals surface area contributed by atoms with Gasteiger partial charge in [-0.15, -0.1) is 0 Å². The van der Waals surface area contributed by atoms with Crippen LogP contribution in [-0.2, 0) is 0 Å². The fourth-order valence-electron chi connectivity index (χ4n) is 4.54. The minimum atomic E-state index is -0.275. The first-order valence-corrected chi connectivity index (χ1v) is 11.9.